The molecule has 0 radical (unpaired) electrons. The summed E-state index contributed by atoms with van der Waals surface area (Å²) in [7, 11) is 0. The summed E-state index contributed by atoms with van der Waals surface area (Å²) in [5, 5.41) is 4.15. The quantitative estimate of drug-likeness (QED) is 0.633. The van der Waals surface area contributed by atoms with Crippen LogP contribution in [0, 0.1) is 0 Å². The van der Waals surface area contributed by atoms with Gasteiger partial charge in [-0.2, -0.15) is 0 Å². The van der Waals surface area contributed by atoms with Crippen molar-refractivity contribution in [1.82, 2.24) is 15.2 Å². The zero-order valence-corrected chi connectivity index (χ0v) is 17.0. The summed E-state index contributed by atoms with van der Waals surface area (Å²) >= 11 is 0. The van der Waals surface area contributed by atoms with E-state index in [1.54, 1.807) is 0 Å². The molecule has 4 nitrogen and oxygen atoms in total. The molecule has 1 amide bonds. The third-order valence-corrected chi connectivity index (χ3v) is 5.13. The smallest absolute Gasteiger partial charge is 0.251 e. The molecule has 0 saturated carbocycles. The van der Waals surface area contributed by atoms with Crippen molar-refractivity contribution in [3.05, 3.63) is 77.5 Å². The molecule has 0 fully saturated rings. The lowest BCUT2D eigenvalue weighted by Crippen LogP contribution is -2.30. The molecule has 0 aliphatic rings. The maximum absolute atomic E-state index is 12.5. The number of amides is 1. The lowest BCUT2D eigenvalue weighted by atomic mass is 10.1. The molecule has 0 aliphatic carbocycles. The van der Waals surface area contributed by atoms with E-state index in [1.165, 1.54) is 5.56 Å². The molecule has 1 heterocycles. The van der Waals surface area contributed by atoms with Crippen molar-refractivity contribution in [2.24, 2.45) is 0 Å². The average Bonchev–Trinajstić information content (AvgIpc) is 2.72. The first-order valence-electron chi connectivity index (χ1n) is 10.0. The molecule has 28 heavy (non-hydrogen) atoms. The summed E-state index contributed by atoms with van der Waals surface area (Å²) in [6.45, 7) is 9.10. The summed E-state index contributed by atoms with van der Waals surface area (Å²) < 4.78 is 0. The van der Waals surface area contributed by atoms with Crippen molar-refractivity contribution in [3.8, 4) is 0 Å². The van der Waals surface area contributed by atoms with Crippen molar-refractivity contribution >= 4 is 16.8 Å². The molecule has 0 unspecified atom stereocenters. The Labute approximate surface area is 167 Å². The molecule has 4 heteroatoms. The number of fused-ring (bicyclic) bond motifs is 1. The highest BCUT2D eigenvalue weighted by atomic mass is 16.1. The number of pyridine rings is 1. The lowest BCUT2D eigenvalue weighted by molar-refractivity contribution is 0.0954. The number of nitrogens with zero attached hydrogens (tertiary/aromatic N) is 2. The van der Waals surface area contributed by atoms with Crippen molar-refractivity contribution in [1.29, 1.82) is 0 Å². The number of benzene rings is 2. The average molecular weight is 376 g/mol. The Hall–Kier alpha value is -2.72. The van der Waals surface area contributed by atoms with E-state index in [0.29, 0.717) is 18.2 Å². The third-order valence-electron chi connectivity index (χ3n) is 5.13. The minimum absolute atomic E-state index is 0.0315. The molecule has 3 rings (SSSR count). The number of hydrogen-bond donors (Lipinski definition) is 1. The van der Waals surface area contributed by atoms with Crippen molar-refractivity contribution < 1.29 is 4.79 Å². The van der Waals surface area contributed by atoms with Crippen LogP contribution in [0.25, 0.3) is 10.9 Å². The van der Waals surface area contributed by atoms with Gasteiger partial charge in [0.25, 0.3) is 5.91 Å². The van der Waals surface area contributed by atoms with Gasteiger partial charge >= 0.3 is 0 Å². The number of rotatable bonds is 8. The Morgan fingerprint density at radius 3 is 2.54 bits per heavy atom. The summed E-state index contributed by atoms with van der Waals surface area (Å²) in [5.74, 6) is -0.0315. The SMILES string of the molecule is CCN(Cc1ccc(C(=O)NCCc2cccc3cccnc23)cc1)C(C)C. The van der Waals surface area contributed by atoms with Gasteiger partial charge in [0.15, 0.2) is 0 Å². The fraction of sp³-hybridized carbons (Fsp3) is 0.333. The topological polar surface area (TPSA) is 45.2 Å². The molecule has 3 aromatic rings. The summed E-state index contributed by atoms with van der Waals surface area (Å²) in [6.07, 6.45) is 2.57. The second-order valence-corrected chi connectivity index (χ2v) is 7.35. The van der Waals surface area contributed by atoms with Crippen LogP contribution in [-0.4, -0.2) is 34.9 Å². The standard InChI is InChI=1S/C24H29N3O/c1-4-27(18(2)3)17-19-10-12-22(13-11-19)24(28)26-16-14-21-8-5-7-20-9-6-15-25-23(20)21/h5-13,15,18H,4,14,16-17H2,1-3H3,(H,26,28). The fourth-order valence-electron chi connectivity index (χ4n) is 3.44. The van der Waals surface area contributed by atoms with Gasteiger partial charge in [-0.3, -0.25) is 14.7 Å². The van der Waals surface area contributed by atoms with Crippen LogP contribution in [0.1, 0.15) is 42.3 Å². The Kier molecular flexibility index (Phi) is 6.77. The zero-order valence-electron chi connectivity index (χ0n) is 17.0. The van der Waals surface area contributed by atoms with Gasteiger partial charge in [0, 0.05) is 36.3 Å². The summed E-state index contributed by atoms with van der Waals surface area (Å²) in [6, 6.07) is 18.6. The van der Waals surface area contributed by atoms with Crippen molar-refractivity contribution in [2.45, 2.75) is 39.8 Å². The highest BCUT2D eigenvalue weighted by Gasteiger charge is 2.10. The number of para-hydroxylation sites is 1. The maximum Gasteiger partial charge on any atom is 0.251 e. The molecular formula is C24H29N3O. The van der Waals surface area contributed by atoms with Crippen LogP contribution in [0.2, 0.25) is 0 Å². The van der Waals surface area contributed by atoms with Gasteiger partial charge in [-0.1, -0.05) is 43.3 Å². The molecule has 2 aromatic carbocycles. The molecule has 146 valence electrons. The molecule has 0 saturated heterocycles. The lowest BCUT2D eigenvalue weighted by Gasteiger charge is -2.24. The Morgan fingerprint density at radius 2 is 1.82 bits per heavy atom. The molecule has 0 atom stereocenters. The van der Waals surface area contributed by atoms with Gasteiger partial charge in [0.05, 0.1) is 5.52 Å². The number of nitrogens with one attached hydrogen (secondary N) is 1. The number of aromatic nitrogens is 1. The maximum atomic E-state index is 12.5. The highest BCUT2D eigenvalue weighted by Crippen LogP contribution is 2.16. The van der Waals surface area contributed by atoms with Crippen LogP contribution in [-0.2, 0) is 13.0 Å². The summed E-state index contributed by atoms with van der Waals surface area (Å²) in [4.78, 5) is 19.3. The van der Waals surface area contributed by atoms with Gasteiger partial charge in [-0.15, -0.1) is 0 Å². The number of carbonyl (C=O) groups is 1. The second kappa shape index (κ2) is 9.47. The van der Waals surface area contributed by atoms with E-state index in [-0.39, 0.29) is 5.91 Å². The fourth-order valence-corrected chi connectivity index (χ4v) is 3.44. The van der Waals surface area contributed by atoms with Gasteiger partial charge in [-0.25, -0.2) is 0 Å². The predicted octanol–water partition coefficient (Wildman–Crippen LogP) is 4.44. The first-order valence-corrected chi connectivity index (χ1v) is 10.0. The van der Waals surface area contributed by atoms with Crippen LogP contribution in [0.4, 0.5) is 0 Å². The Morgan fingerprint density at radius 1 is 1.07 bits per heavy atom. The minimum Gasteiger partial charge on any atom is -0.352 e. The molecule has 1 N–H and O–H groups in total. The monoisotopic (exact) mass is 375 g/mol. The van der Waals surface area contributed by atoms with Crippen molar-refractivity contribution in [3.63, 3.8) is 0 Å². The molecular weight excluding hydrogens is 346 g/mol. The van der Waals surface area contributed by atoms with E-state index < -0.39 is 0 Å². The van der Waals surface area contributed by atoms with Crippen LogP contribution >= 0.6 is 0 Å². The van der Waals surface area contributed by atoms with Crippen LogP contribution in [0.5, 0.6) is 0 Å². The van der Waals surface area contributed by atoms with Gasteiger partial charge in [-0.05, 0) is 56.1 Å². The van der Waals surface area contributed by atoms with Crippen LogP contribution in [0.3, 0.4) is 0 Å². The van der Waals surface area contributed by atoms with Crippen molar-refractivity contribution in [2.75, 3.05) is 13.1 Å². The predicted molar refractivity (Wildman–Crippen MR) is 115 cm³/mol. The molecule has 1 aromatic heterocycles. The third kappa shape index (κ3) is 4.96. The number of hydrogen-bond acceptors (Lipinski definition) is 3. The van der Waals surface area contributed by atoms with Gasteiger partial charge in [0.1, 0.15) is 0 Å². The Bertz CT molecular complexity index is 913. The molecule has 0 aliphatic heterocycles. The Balaban J connectivity index is 1.56. The van der Waals surface area contributed by atoms with E-state index in [1.807, 2.05) is 30.5 Å². The minimum atomic E-state index is -0.0315. The zero-order chi connectivity index (χ0) is 19.9. The van der Waals surface area contributed by atoms with Gasteiger partial charge in [0.2, 0.25) is 0 Å². The van der Waals surface area contributed by atoms with E-state index in [2.05, 4.69) is 66.3 Å². The van der Waals surface area contributed by atoms with E-state index in [4.69, 9.17) is 0 Å². The largest absolute Gasteiger partial charge is 0.352 e. The first-order chi connectivity index (χ1) is 13.6. The van der Waals surface area contributed by atoms with E-state index >= 15 is 0 Å². The normalized spacial score (nSPS) is 11.3. The number of carbonyl (C=O) groups excluding carboxylic acids is 1. The molecule has 0 spiro atoms. The first kappa shape index (κ1) is 20.0. The van der Waals surface area contributed by atoms with Crippen LogP contribution < -0.4 is 5.32 Å². The molecule has 0 bridgehead atoms. The van der Waals surface area contributed by atoms with Crippen LogP contribution in [0.15, 0.2) is 60.8 Å². The summed E-state index contributed by atoms with van der Waals surface area (Å²) in [5.41, 5.74) is 4.10. The van der Waals surface area contributed by atoms with E-state index in [9.17, 15) is 4.79 Å². The highest BCUT2D eigenvalue weighted by molar-refractivity contribution is 5.94. The second-order valence-electron chi connectivity index (χ2n) is 7.35. The van der Waals surface area contributed by atoms with Gasteiger partial charge < -0.3 is 5.32 Å². The van der Waals surface area contributed by atoms with E-state index in [0.717, 1.165) is 36.0 Å².